The Morgan fingerprint density at radius 1 is 1.65 bits per heavy atom. The van der Waals surface area contributed by atoms with Crippen molar-refractivity contribution < 1.29 is 13.9 Å². The van der Waals surface area contributed by atoms with Gasteiger partial charge in [0.15, 0.2) is 0 Å². The lowest BCUT2D eigenvalue weighted by Gasteiger charge is -2.21. The van der Waals surface area contributed by atoms with Crippen LogP contribution < -0.4 is 0 Å². The topological polar surface area (TPSA) is 42.7 Å². The van der Waals surface area contributed by atoms with Crippen LogP contribution in [0, 0.1) is 18.3 Å². The average molecular weight is 233 g/mol. The Kier molecular flexibility index (Phi) is 3.84. The van der Waals surface area contributed by atoms with E-state index >= 15 is 0 Å². The zero-order valence-electron chi connectivity index (χ0n) is 9.59. The number of carbonyl (C=O) groups excluding carboxylic acids is 1. The Bertz CT molecular complexity index is 399. The van der Waals surface area contributed by atoms with Gasteiger partial charge in [0.2, 0.25) is 5.91 Å². The summed E-state index contributed by atoms with van der Waals surface area (Å²) in [5, 5.41) is 0. The molecule has 0 bridgehead atoms. The van der Waals surface area contributed by atoms with Gasteiger partial charge in [-0.3, -0.25) is 4.79 Å². The molecule has 1 unspecified atom stereocenters. The third kappa shape index (κ3) is 2.89. The first-order chi connectivity index (χ1) is 8.31. The van der Waals surface area contributed by atoms with Gasteiger partial charge < -0.3 is 14.1 Å². The molecule has 0 aliphatic carbocycles. The molecule has 4 heteroatoms. The standard InChI is InChI=1S/C13H15NO3/c1-2-6-14(9-12-4-3-7-17-12)13(15)11-5-8-16-10-11/h1,3-4,7,11H,5-6,8-10H2. The van der Waals surface area contributed by atoms with E-state index in [1.54, 1.807) is 17.2 Å². The summed E-state index contributed by atoms with van der Waals surface area (Å²) in [6.45, 7) is 1.88. The van der Waals surface area contributed by atoms with E-state index in [1.807, 2.05) is 6.07 Å². The summed E-state index contributed by atoms with van der Waals surface area (Å²) in [6.07, 6.45) is 7.65. The van der Waals surface area contributed by atoms with Crippen LogP contribution in [0.4, 0.5) is 0 Å². The van der Waals surface area contributed by atoms with Crippen LogP contribution in [0.2, 0.25) is 0 Å². The second-order valence-electron chi connectivity index (χ2n) is 4.04. The molecule has 90 valence electrons. The zero-order chi connectivity index (χ0) is 12.1. The molecule has 1 aromatic heterocycles. The van der Waals surface area contributed by atoms with Crippen LogP contribution in [-0.2, 0) is 16.1 Å². The third-order valence-electron chi connectivity index (χ3n) is 2.80. The highest BCUT2D eigenvalue weighted by Crippen LogP contribution is 2.17. The van der Waals surface area contributed by atoms with E-state index in [9.17, 15) is 4.79 Å². The van der Waals surface area contributed by atoms with E-state index in [-0.39, 0.29) is 11.8 Å². The molecule has 2 rings (SSSR count). The molecule has 1 saturated heterocycles. The SMILES string of the molecule is C#CCN(Cc1ccco1)C(=O)C1CCOC1. The van der Waals surface area contributed by atoms with Crippen molar-refractivity contribution in [2.24, 2.45) is 5.92 Å². The quantitative estimate of drug-likeness (QED) is 0.736. The van der Waals surface area contributed by atoms with Gasteiger partial charge in [-0.2, -0.15) is 0 Å². The first kappa shape index (κ1) is 11.7. The van der Waals surface area contributed by atoms with Crippen molar-refractivity contribution in [3.05, 3.63) is 24.2 Å². The maximum atomic E-state index is 12.2. The number of hydrogen-bond acceptors (Lipinski definition) is 3. The second kappa shape index (κ2) is 5.55. The van der Waals surface area contributed by atoms with E-state index in [0.29, 0.717) is 26.3 Å². The fourth-order valence-electron chi connectivity index (χ4n) is 1.90. The number of rotatable bonds is 4. The highest BCUT2D eigenvalue weighted by molar-refractivity contribution is 5.79. The van der Waals surface area contributed by atoms with Gasteiger partial charge in [-0.1, -0.05) is 5.92 Å². The molecular formula is C13H15NO3. The molecule has 4 nitrogen and oxygen atoms in total. The van der Waals surface area contributed by atoms with Crippen molar-refractivity contribution in [1.82, 2.24) is 4.90 Å². The summed E-state index contributed by atoms with van der Waals surface area (Å²) < 4.78 is 10.4. The predicted molar refractivity (Wildman–Crippen MR) is 61.9 cm³/mol. The summed E-state index contributed by atoms with van der Waals surface area (Å²) in [5.74, 6) is 3.25. The van der Waals surface area contributed by atoms with Crippen LogP contribution in [0.3, 0.4) is 0 Å². The van der Waals surface area contributed by atoms with Crippen LogP contribution in [0.15, 0.2) is 22.8 Å². The molecule has 17 heavy (non-hydrogen) atoms. The van der Waals surface area contributed by atoms with Crippen molar-refractivity contribution in [2.75, 3.05) is 19.8 Å². The largest absolute Gasteiger partial charge is 0.467 e. The van der Waals surface area contributed by atoms with Crippen molar-refractivity contribution in [1.29, 1.82) is 0 Å². The molecule has 1 aliphatic rings. The van der Waals surface area contributed by atoms with Gasteiger partial charge in [0, 0.05) is 6.61 Å². The summed E-state index contributed by atoms with van der Waals surface area (Å²) >= 11 is 0. The summed E-state index contributed by atoms with van der Waals surface area (Å²) in [4.78, 5) is 13.8. The number of nitrogens with zero attached hydrogens (tertiary/aromatic N) is 1. The Morgan fingerprint density at radius 2 is 2.53 bits per heavy atom. The second-order valence-corrected chi connectivity index (χ2v) is 4.04. The van der Waals surface area contributed by atoms with Crippen molar-refractivity contribution in [3.8, 4) is 12.3 Å². The molecule has 0 spiro atoms. The molecule has 1 atom stereocenters. The lowest BCUT2D eigenvalue weighted by molar-refractivity contribution is -0.135. The van der Waals surface area contributed by atoms with Gasteiger partial charge in [0.25, 0.3) is 0 Å². The van der Waals surface area contributed by atoms with Gasteiger partial charge in [-0.05, 0) is 18.6 Å². The van der Waals surface area contributed by atoms with Gasteiger partial charge in [0.1, 0.15) is 5.76 Å². The predicted octanol–water partition coefficient (Wildman–Crippen LogP) is 1.28. The average Bonchev–Trinajstić information content (AvgIpc) is 3.00. The first-order valence-corrected chi connectivity index (χ1v) is 5.63. The Morgan fingerprint density at radius 3 is 3.12 bits per heavy atom. The van der Waals surface area contributed by atoms with Crippen molar-refractivity contribution in [2.45, 2.75) is 13.0 Å². The van der Waals surface area contributed by atoms with Gasteiger partial charge in [-0.15, -0.1) is 6.42 Å². The fourth-order valence-corrected chi connectivity index (χ4v) is 1.90. The van der Waals surface area contributed by atoms with E-state index < -0.39 is 0 Å². The highest BCUT2D eigenvalue weighted by Gasteiger charge is 2.28. The summed E-state index contributed by atoms with van der Waals surface area (Å²) in [5.41, 5.74) is 0. The number of terminal acetylenes is 1. The van der Waals surface area contributed by atoms with E-state index in [2.05, 4.69) is 5.92 Å². The van der Waals surface area contributed by atoms with Gasteiger partial charge >= 0.3 is 0 Å². The van der Waals surface area contributed by atoms with E-state index in [1.165, 1.54) is 0 Å². The van der Waals surface area contributed by atoms with E-state index in [0.717, 1.165) is 12.2 Å². The molecule has 1 aliphatic heterocycles. The van der Waals surface area contributed by atoms with Crippen LogP contribution in [0.1, 0.15) is 12.2 Å². The van der Waals surface area contributed by atoms with Crippen LogP contribution in [-0.4, -0.2) is 30.6 Å². The lowest BCUT2D eigenvalue weighted by Crippen LogP contribution is -2.36. The lowest BCUT2D eigenvalue weighted by atomic mass is 10.1. The molecule has 2 heterocycles. The van der Waals surface area contributed by atoms with Crippen LogP contribution >= 0.6 is 0 Å². The Hall–Kier alpha value is -1.73. The number of amides is 1. The van der Waals surface area contributed by atoms with Gasteiger partial charge in [-0.25, -0.2) is 0 Å². The minimum Gasteiger partial charge on any atom is -0.467 e. The minimum atomic E-state index is -0.0571. The minimum absolute atomic E-state index is 0.0526. The molecule has 0 N–H and O–H groups in total. The van der Waals surface area contributed by atoms with Crippen molar-refractivity contribution >= 4 is 5.91 Å². The molecule has 1 amide bonds. The summed E-state index contributed by atoms with van der Waals surface area (Å²) in [7, 11) is 0. The molecule has 0 saturated carbocycles. The monoisotopic (exact) mass is 233 g/mol. The molecule has 1 aromatic rings. The molecule has 1 fully saturated rings. The highest BCUT2D eigenvalue weighted by atomic mass is 16.5. The van der Waals surface area contributed by atoms with Crippen LogP contribution in [0.5, 0.6) is 0 Å². The maximum Gasteiger partial charge on any atom is 0.229 e. The fraction of sp³-hybridized carbons (Fsp3) is 0.462. The Balaban J connectivity index is 2.01. The van der Waals surface area contributed by atoms with E-state index in [4.69, 9.17) is 15.6 Å². The first-order valence-electron chi connectivity index (χ1n) is 5.63. The number of hydrogen-bond donors (Lipinski definition) is 0. The molecule has 0 aromatic carbocycles. The number of furan rings is 1. The molecule has 0 radical (unpaired) electrons. The Labute approximate surface area is 101 Å². The summed E-state index contributed by atoms with van der Waals surface area (Å²) in [6, 6.07) is 3.63. The van der Waals surface area contributed by atoms with Gasteiger partial charge in [0.05, 0.1) is 31.9 Å². The van der Waals surface area contributed by atoms with Crippen LogP contribution in [0.25, 0.3) is 0 Å². The molecular weight excluding hydrogens is 218 g/mol. The normalized spacial score (nSPS) is 18.9. The third-order valence-corrected chi connectivity index (χ3v) is 2.80. The zero-order valence-corrected chi connectivity index (χ0v) is 9.59. The maximum absolute atomic E-state index is 12.2. The number of carbonyl (C=O) groups is 1. The van der Waals surface area contributed by atoms with Crippen molar-refractivity contribution in [3.63, 3.8) is 0 Å². The smallest absolute Gasteiger partial charge is 0.229 e. The number of ether oxygens (including phenoxy) is 1.